The number of guanidine groups is 1. The van der Waals surface area contributed by atoms with Crippen molar-refractivity contribution in [2.45, 2.75) is 13.8 Å². The number of carbonyl (C=O) groups excluding carboxylic acids is 1. The number of fused-ring (bicyclic) bond motifs is 1. The van der Waals surface area contributed by atoms with E-state index in [0.717, 1.165) is 31.9 Å². The molecule has 0 aliphatic rings. The van der Waals surface area contributed by atoms with E-state index >= 15 is 0 Å². The molecule has 1 aromatic heterocycles. The van der Waals surface area contributed by atoms with Crippen LogP contribution in [0.5, 0.6) is 0 Å². The summed E-state index contributed by atoms with van der Waals surface area (Å²) >= 11 is 1.53. The van der Waals surface area contributed by atoms with Crippen LogP contribution in [0.2, 0.25) is 0 Å². The van der Waals surface area contributed by atoms with Crippen LogP contribution in [0.25, 0.3) is 26.1 Å². The normalized spacial score (nSPS) is 10.4. The Balaban J connectivity index is 2.33. The van der Waals surface area contributed by atoms with Crippen LogP contribution in [0.4, 0.5) is 5.69 Å². The van der Waals surface area contributed by atoms with Gasteiger partial charge in [0.2, 0.25) is 0 Å². The molecule has 0 unspecified atom stereocenters. The highest BCUT2D eigenvalue weighted by Gasteiger charge is 2.17. The Morgan fingerprint density at radius 2 is 1.96 bits per heavy atom. The van der Waals surface area contributed by atoms with Gasteiger partial charge in [-0.25, -0.2) is 9.83 Å². The van der Waals surface area contributed by atoms with Gasteiger partial charge in [0.15, 0.2) is 11.6 Å². The molecule has 1 amide bonds. The first-order valence-corrected chi connectivity index (χ1v) is 8.25. The van der Waals surface area contributed by atoms with Crippen LogP contribution in [0.1, 0.15) is 21.1 Å². The van der Waals surface area contributed by atoms with Gasteiger partial charge in [-0.3, -0.25) is 4.79 Å². The van der Waals surface area contributed by atoms with Crippen LogP contribution >= 0.6 is 11.3 Å². The molecule has 3 rings (SSSR count). The molecule has 0 spiro atoms. The van der Waals surface area contributed by atoms with E-state index in [4.69, 9.17) is 18.0 Å². The van der Waals surface area contributed by atoms with Crippen molar-refractivity contribution in [1.29, 1.82) is 0 Å². The highest BCUT2D eigenvalue weighted by Crippen LogP contribution is 2.42. The summed E-state index contributed by atoms with van der Waals surface area (Å²) in [6, 6.07) is 8.87. The van der Waals surface area contributed by atoms with Crippen molar-refractivity contribution in [3.05, 3.63) is 58.0 Å². The van der Waals surface area contributed by atoms with E-state index in [0.29, 0.717) is 11.3 Å². The summed E-state index contributed by atoms with van der Waals surface area (Å²) in [5, 5.41) is 2.65. The molecule has 7 heteroatoms. The summed E-state index contributed by atoms with van der Waals surface area (Å²) in [6.45, 7) is 11.3. The largest absolute Gasteiger partial charge is 0.370 e. The number of hydrogen-bond acceptors (Lipinski definition) is 3. The molecule has 0 saturated carbocycles. The lowest BCUT2D eigenvalue weighted by Gasteiger charge is -2.09. The minimum Gasteiger partial charge on any atom is -0.370 e. The predicted octanol–water partition coefficient (Wildman–Crippen LogP) is 3.54. The van der Waals surface area contributed by atoms with Gasteiger partial charge in [0.25, 0.3) is 5.91 Å². The monoisotopic (exact) mass is 349 g/mol. The molecule has 25 heavy (non-hydrogen) atoms. The lowest BCUT2D eigenvalue weighted by molar-refractivity contribution is 0.100. The molecular weight excluding hydrogens is 334 g/mol. The van der Waals surface area contributed by atoms with Crippen LogP contribution in [0.15, 0.2) is 35.3 Å². The molecule has 6 nitrogen and oxygen atoms in total. The van der Waals surface area contributed by atoms with Crippen molar-refractivity contribution in [3.8, 4) is 10.4 Å². The van der Waals surface area contributed by atoms with E-state index in [-0.39, 0.29) is 5.96 Å². The van der Waals surface area contributed by atoms with Gasteiger partial charge in [-0.2, -0.15) is 4.99 Å². The van der Waals surface area contributed by atoms with Gasteiger partial charge in [0, 0.05) is 16.0 Å². The van der Waals surface area contributed by atoms with E-state index in [1.165, 1.54) is 11.3 Å². The van der Waals surface area contributed by atoms with Crippen molar-refractivity contribution < 1.29 is 4.79 Å². The second-order valence-electron chi connectivity index (χ2n) is 5.50. The summed E-state index contributed by atoms with van der Waals surface area (Å²) in [6.07, 6.45) is 0. The molecule has 0 bridgehead atoms. The SMILES string of the molecule is [C-]#[N+]c1ccc2ccc(C(=O)N=C(N)N)cc2c1-c1sc(C)nc1C. The Morgan fingerprint density at radius 1 is 1.24 bits per heavy atom. The Hall–Kier alpha value is -3.24. The lowest BCUT2D eigenvalue weighted by Crippen LogP contribution is -2.24. The second kappa shape index (κ2) is 6.34. The fourth-order valence-corrected chi connectivity index (χ4v) is 3.71. The predicted molar refractivity (Wildman–Crippen MR) is 101 cm³/mol. The summed E-state index contributed by atoms with van der Waals surface area (Å²) in [4.78, 5) is 24.8. The summed E-state index contributed by atoms with van der Waals surface area (Å²) < 4.78 is 0. The average Bonchev–Trinajstić information content (AvgIpc) is 2.90. The molecule has 1 heterocycles. The van der Waals surface area contributed by atoms with Crippen LogP contribution in [0, 0.1) is 20.4 Å². The number of aromatic nitrogens is 1. The van der Waals surface area contributed by atoms with Gasteiger partial charge in [-0.1, -0.05) is 18.2 Å². The van der Waals surface area contributed by atoms with Gasteiger partial charge < -0.3 is 11.5 Å². The van der Waals surface area contributed by atoms with E-state index in [1.54, 1.807) is 18.2 Å². The number of carbonyl (C=O) groups is 1. The molecule has 0 atom stereocenters. The molecule has 0 radical (unpaired) electrons. The van der Waals surface area contributed by atoms with E-state index in [2.05, 4.69) is 14.8 Å². The molecule has 3 aromatic rings. The molecule has 0 aliphatic carbocycles. The fraction of sp³-hybridized carbons (Fsp3) is 0.111. The second-order valence-corrected chi connectivity index (χ2v) is 6.70. The van der Waals surface area contributed by atoms with E-state index in [9.17, 15) is 4.79 Å². The van der Waals surface area contributed by atoms with Gasteiger partial charge >= 0.3 is 0 Å². The summed E-state index contributed by atoms with van der Waals surface area (Å²) in [5.74, 6) is -0.799. The van der Waals surface area contributed by atoms with Crippen LogP contribution in [-0.4, -0.2) is 16.9 Å². The Morgan fingerprint density at radius 3 is 2.56 bits per heavy atom. The van der Waals surface area contributed by atoms with Crippen molar-refractivity contribution in [2.75, 3.05) is 0 Å². The number of nitrogens with two attached hydrogens (primary N) is 2. The molecule has 4 N–H and O–H groups in total. The highest BCUT2D eigenvalue weighted by atomic mass is 32.1. The highest BCUT2D eigenvalue weighted by molar-refractivity contribution is 7.15. The third-order valence-electron chi connectivity index (χ3n) is 3.73. The maximum absolute atomic E-state index is 12.2. The third-order valence-corrected chi connectivity index (χ3v) is 4.82. The Labute approximate surface area is 148 Å². The quantitative estimate of drug-likeness (QED) is 0.420. The molecule has 124 valence electrons. The first-order valence-electron chi connectivity index (χ1n) is 7.43. The summed E-state index contributed by atoms with van der Waals surface area (Å²) in [7, 11) is 0. The molecule has 0 fully saturated rings. The van der Waals surface area contributed by atoms with Gasteiger partial charge in [-0.05, 0) is 36.8 Å². The van der Waals surface area contributed by atoms with E-state index in [1.807, 2.05) is 26.0 Å². The average molecular weight is 349 g/mol. The van der Waals surface area contributed by atoms with Crippen molar-refractivity contribution >= 4 is 39.7 Å². The first kappa shape index (κ1) is 16.6. The Kier molecular flexibility index (Phi) is 4.21. The Bertz CT molecular complexity index is 1070. The zero-order chi connectivity index (χ0) is 18.1. The lowest BCUT2D eigenvalue weighted by atomic mass is 9.98. The van der Waals surface area contributed by atoms with Crippen LogP contribution in [0.3, 0.4) is 0 Å². The van der Waals surface area contributed by atoms with Crippen LogP contribution in [-0.2, 0) is 0 Å². The van der Waals surface area contributed by atoms with Crippen molar-refractivity contribution in [1.82, 2.24) is 4.98 Å². The number of aliphatic imine (C=N–C) groups is 1. The van der Waals surface area contributed by atoms with Crippen molar-refractivity contribution in [2.24, 2.45) is 16.5 Å². The maximum atomic E-state index is 12.2. The third kappa shape index (κ3) is 3.07. The number of thiazole rings is 1. The number of nitrogens with zero attached hydrogens (tertiary/aromatic N) is 3. The zero-order valence-electron chi connectivity index (χ0n) is 13.7. The fourth-order valence-electron chi connectivity index (χ4n) is 2.72. The number of hydrogen-bond donors (Lipinski definition) is 2. The number of amides is 1. The minimum atomic E-state index is -0.515. The zero-order valence-corrected chi connectivity index (χ0v) is 14.5. The van der Waals surface area contributed by atoms with Gasteiger partial charge in [0.1, 0.15) is 0 Å². The van der Waals surface area contributed by atoms with E-state index < -0.39 is 5.91 Å². The summed E-state index contributed by atoms with van der Waals surface area (Å²) in [5.41, 5.74) is 13.1. The van der Waals surface area contributed by atoms with Crippen molar-refractivity contribution in [3.63, 3.8) is 0 Å². The molecule has 0 saturated heterocycles. The maximum Gasteiger partial charge on any atom is 0.280 e. The van der Waals surface area contributed by atoms with Crippen LogP contribution < -0.4 is 11.5 Å². The number of benzene rings is 2. The minimum absolute atomic E-state index is 0.283. The molecule has 0 aliphatic heterocycles. The van der Waals surface area contributed by atoms with Gasteiger partial charge in [-0.15, -0.1) is 11.3 Å². The number of aryl methyl sites for hydroxylation is 2. The topological polar surface area (TPSA) is 98.7 Å². The first-order chi connectivity index (χ1) is 11.9. The van der Waals surface area contributed by atoms with Gasteiger partial charge in [0.05, 0.1) is 17.3 Å². The smallest absolute Gasteiger partial charge is 0.280 e. The standard InChI is InChI=1S/C18H15N5OS/c1-9-16(25-10(2)22-9)15-13-8-12(17(24)23-18(19)20)5-4-11(13)6-7-14(15)21-3/h4-8H,1-2H3,(H4,19,20,23,24). The molecule has 2 aromatic carbocycles. The molecular formula is C18H15N5OS. The number of rotatable bonds is 2.